The Morgan fingerprint density at radius 3 is 1.02 bits per heavy atom. The number of phenols is 1. The van der Waals surface area contributed by atoms with Gasteiger partial charge in [0.05, 0.1) is 16.7 Å². The fourth-order valence-electron chi connectivity index (χ4n) is 4.62. The van der Waals surface area contributed by atoms with E-state index >= 15 is 0 Å². The van der Waals surface area contributed by atoms with Crippen molar-refractivity contribution in [1.29, 1.82) is 0 Å². The van der Waals surface area contributed by atoms with Gasteiger partial charge in [-0.2, -0.15) is 0 Å². The molecular formula is C45H42O6. The molecule has 1 N–H and O–H groups in total. The third-order valence-corrected chi connectivity index (χ3v) is 7.75. The van der Waals surface area contributed by atoms with Gasteiger partial charge in [-0.05, 0) is 108 Å². The van der Waals surface area contributed by atoms with Gasteiger partial charge >= 0.3 is 11.9 Å². The predicted molar refractivity (Wildman–Crippen MR) is 202 cm³/mol. The van der Waals surface area contributed by atoms with E-state index in [0.29, 0.717) is 33.8 Å². The van der Waals surface area contributed by atoms with Gasteiger partial charge in [-0.3, -0.25) is 4.79 Å². The topological polar surface area (TPSA) is 89.9 Å². The summed E-state index contributed by atoms with van der Waals surface area (Å²) in [6.07, 6.45) is 0. The first-order valence-electron chi connectivity index (χ1n) is 16.5. The molecule has 0 saturated heterocycles. The summed E-state index contributed by atoms with van der Waals surface area (Å²) in [6.45, 7) is 11.8. The zero-order valence-electron chi connectivity index (χ0n) is 29.8. The Morgan fingerprint density at radius 1 is 0.392 bits per heavy atom. The molecule has 0 amide bonds. The summed E-state index contributed by atoms with van der Waals surface area (Å²) in [5.74, 6) is 0.378. The van der Waals surface area contributed by atoms with E-state index in [1.165, 1.54) is 0 Å². The minimum absolute atomic E-state index is 0.0376. The summed E-state index contributed by atoms with van der Waals surface area (Å²) in [6, 6.07) is 41.9. The molecule has 0 saturated carbocycles. The molecule has 6 nitrogen and oxygen atoms in total. The van der Waals surface area contributed by atoms with Crippen molar-refractivity contribution in [2.24, 2.45) is 0 Å². The molecule has 0 unspecified atom stereocenters. The Balaban J connectivity index is 0.000000172. The molecule has 6 heteroatoms. The van der Waals surface area contributed by atoms with Gasteiger partial charge in [-0.1, -0.05) is 107 Å². The van der Waals surface area contributed by atoms with Crippen LogP contribution in [0.1, 0.15) is 70.0 Å². The third-order valence-electron chi connectivity index (χ3n) is 7.75. The second kappa shape index (κ2) is 17.9. The lowest BCUT2D eigenvalue weighted by Crippen LogP contribution is -2.08. The second-order valence-electron chi connectivity index (χ2n) is 12.4. The largest absolute Gasteiger partial charge is 0.507 e. The summed E-state index contributed by atoms with van der Waals surface area (Å²) in [4.78, 5) is 35.7. The maximum absolute atomic E-state index is 12.1. The first-order chi connectivity index (χ1) is 24.4. The van der Waals surface area contributed by atoms with Gasteiger partial charge in [0.1, 0.15) is 17.2 Å². The number of hydrogen-bond acceptors (Lipinski definition) is 6. The van der Waals surface area contributed by atoms with E-state index in [9.17, 15) is 19.5 Å². The van der Waals surface area contributed by atoms with E-state index in [-0.39, 0.29) is 23.5 Å². The number of rotatable bonds is 6. The summed E-state index contributed by atoms with van der Waals surface area (Å²) < 4.78 is 10.5. The van der Waals surface area contributed by atoms with Crippen LogP contribution in [0, 0.1) is 41.5 Å². The number of ether oxygens (including phenoxy) is 2. The van der Waals surface area contributed by atoms with Crippen LogP contribution in [0.4, 0.5) is 0 Å². The lowest BCUT2D eigenvalue weighted by molar-refractivity contribution is 0.0725. The monoisotopic (exact) mass is 678 g/mol. The van der Waals surface area contributed by atoms with E-state index < -0.39 is 0 Å². The van der Waals surface area contributed by atoms with Gasteiger partial charge in [0.15, 0.2) is 5.78 Å². The predicted octanol–water partition coefficient (Wildman–Crippen LogP) is 10.3. The van der Waals surface area contributed by atoms with Gasteiger partial charge < -0.3 is 14.6 Å². The van der Waals surface area contributed by atoms with E-state index in [1.54, 1.807) is 72.8 Å². The molecule has 0 radical (unpaired) electrons. The lowest BCUT2D eigenvalue weighted by atomic mass is 10.0. The maximum atomic E-state index is 12.1. The van der Waals surface area contributed by atoms with Crippen LogP contribution < -0.4 is 9.47 Å². The second-order valence-corrected chi connectivity index (χ2v) is 12.4. The fraction of sp³-hybridized carbons (Fsp3) is 0.133. The zero-order valence-corrected chi connectivity index (χ0v) is 29.8. The smallest absolute Gasteiger partial charge is 0.343 e. The normalized spacial score (nSPS) is 10.1. The Labute approximate surface area is 300 Å². The molecule has 0 bridgehead atoms. The summed E-state index contributed by atoms with van der Waals surface area (Å²) in [7, 11) is 0. The average Bonchev–Trinajstić information content (AvgIpc) is 3.11. The number of benzene rings is 6. The molecule has 0 aliphatic carbocycles. The Kier molecular flexibility index (Phi) is 13.2. The number of phenolic OH excluding ortho intramolecular Hbond substituents is 1. The van der Waals surface area contributed by atoms with Crippen molar-refractivity contribution in [3.63, 3.8) is 0 Å². The van der Waals surface area contributed by atoms with Crippen LogP contribution in [0.15, 0.2) is 140 Å². The van der Waals surface area contributed by atoms with Crippen LogP contribution in [0.2, 0.25) is 0 Å². The minimum atomic E-state index is -0.325. The molecule has 0 aromatic heterocycles. The van der Waals surface area contributed by atoms with Crippen LogP contribution in [0.3, 0.4) is 0 Å². The average molecular weight is 679 g/mol. The highest BCUT2D eigenvalue weighted by Crippen LogP contribution is 2.22. The van der Waals surface area contributed by atoms with E-state index in [1.807, 2.05) is 108 Å². The molecule has 6 aromatic carbocycles. The van der Waals surface area contributed by atoms with Crippen molar-refractivity contribution in [2.75, 3.05) is 0 Å². The number of ketones is 1. The molecule has 0 spiro atoms. The van der Waals surface area contributed by atoms with Gasteiger partial charge in [0.25, 0.3) is 0 Å². The molecule has 0 fully saturated rings. The lowest BCUT2D eigenvalue weighted by Gasteiger charge is -2.05. The van der Waals surface area contributed by atoms with E-state index in [4.69, 9.17) is 9.47 Å². The first-order valence-corrected chi connectivity index (χ1v) is 16.5. The zero-order chi connectivity index (χ0) is 36.9. The minimum Gasteiger partial charge on any atom is -0.507 e. The first kappa shape index (κ1) is 37.5. The van der Waals surface area contributed by atoms with E-state index in [2.05, 4.69) is 0 Å². The van der Waals surface area contributed by atoms with Crippen molar-refractivity contribution >= 4 is 17.7 Å². The van der Waals surface area contributed by atoms with Crippen LogP contribution in [0.5, 0.6) is 17.2 Å². The van der Waals surface area contributed by atoms with Crippen LogP contribution in [0.25, 0.3) is 0 Å². The number of aromatic hydroxyl groups is 1. The standard InChI is InChI=1S/3C15H14O2/c2*1-11-3-7-13(8-4-11)15(16)17-14-9-5-12(2)6-10-14;1-10-3-6-12(7-4-10)15(17)13-8-5-11(2)9-14(13)16/h2*3-10H,1-2H3;3-9,16H,1-2H3. The molecule has 6 rings (SSSR count). The number of aryl methyl sites for hydroxylation is 6. The molecule has 0 aliphatic heterocycles. The van der Waals surface area contributed by atoms with Gasteiger partial charge in [0.2, 0.25) is 0 Å². The molecule has 0 heterocycles. The number of hydrogen-bond donors (Lipinski definition) is 1. The van der Waals surface area contributed by atoms with Crippen LogP contribution in [-0.4, -0.2) is 22.8 Å². The van der Waals surface area contributed by atoms with E-state index in [0.717, 1.165) is 33.4 Å². The summed E-state index contributed by atoms with van der Waals surface area (Å²) in [5, 5.41) is 9.76. The van der Waals surface area contributed by atoms with Gasteiger partial charge in [-0.15, -0.1) is 0 Å². The summed E-state index contributed by atoms with van der Waals surface area (Å²) >= 11 is 0. The fourth-order valence-corrected chi connectivity index (χ4v) is 4.62. The Hall–Kier alpha value is -6.27. The molecule has 0 aliphatic rings. The van der Waals surface area contributed by atoms with Crippen LogP contribution in [-0.2, 0) is 0 Å². The van der Waals surface area contributed by atoms with Crippen molar-refractivity contribution in [2.45, 2.75) is 41.5 Å². The van der Waals surface area contributed by atoms with Gasteiger partial charge in [0, 0.05) is 5.56 Å². The van der Waals surface area contributed by atoms with Crippen molar-refractivity contribution in [3.8, 4) is 17.2 Å². The van der Waals surface area contributed by atoms with Crippen LogP contribution >= 0.6 is 0 Å². The van der Waals surface area contributed by atoms with Gasteiger partial charge in [-0.25, -0.2) is 9.59 Å². The highest BCUT2D eigenvalue weighted by molar-refractivity contribution is 6.10. The van der Waals surface area contributed by atoms with Crippen molar-refractivity contribution in [1.82, 2.24) is 0 Å². The number of carbonyl (C=O) groups excluding carboxylic acids is 3. The van der Waals surface area contributed by atoms with Crippen molar-refractivity contribution in [3.05, 3.63) is 195 Å². The molecule has 258 valence electrons. The van der Waals surface area contributed by atoms with Crippen molar-refractivity contribution < 1.29 is 29.0 Å². The summed E-state index contributed by atoms with van der Waals surface area (Å²) in [5.41, 5.74) is 8.63. The molecular weight excluding hydrogens is 636 g/mol. The number of carbonyl (C=O) groups is 3. The Bertz CT molecular complexity index is 1960. The maximum Gasteiger partial charge on any atom is 0.343 e. The molecule has 51 heavy (non-hydrogen) atoms. The Morgan fingerprint density at radius 2 is 0.686 bits per heavy atom. The molecule has 0 atom stereocenters. The third kappa shape index (κ3) is 11.7. The highest BCUT2D eigenvalue weighted by Gasteiger charge is 2.13. The quantitative estimate of drug-likeness (QED) is 0.107. The highest BCUT2D eigenvalue weighted by atomic mass is 16.5. The SMILES string of the molecule is Cc1ccc(C(=O)c2ccc(C)cc2O)cc1.Cc1ccc(OC(=O)c2ccc(C)cc2)cc1.Cc1ccc(OC(=O)c2ccc(C)cc2)cc1. The number of esters is 2. The molecule has 6 aromatic rings.